The number of rotatable bonds is 8. The summed E-state index contributed by atoms with van der Waals surface area (Å²) in [6.45, 7) is 2.76. The number of aromatic nitrogens is 4. The third-order valence-corrected chi connectivity index (χ3v) is 4.75. The number of hydrogen-bond acceptors (Lipinski definition) is 6. The van der Waals surface area contributed by atoms with E-state index in [2.05, 4.69) is 39.3 Å². The van der Waals surface area contributed by atoms with Crippen LogP contribution in [0.3, 0.4) is 0 Å². The lowest BCUT2D eigenvalue weighted by Crippen LogP contribution is -2.06. The molecule has 7 heteroatoms. The normalized spacial score (nSPS) is 10.5. The molecule has 0 unspecified atom stereocenters. The van der Waals surface area contributed by atoms with Crippen molar-refractivity contribution in [2.45, 2.75) is 45.6 Å². The van der Waals surface area contributed by atoms with E-state index in [1.165, 1.54) is 19.3 Å². The lowest BCUT2D eigenvalue weighted by Gasteiger charge is -2.08. The molecule has 156 valence electrons. The fourth-order valence-electron chi connectivity index (χ4n) is 3.20. The van der Waals surface area contributed by atoms with Gasteiger partial charge >= 0.3 is 0 Å². The first-order valence-corrected chi connectivity index (χ1v) is 10.3. The monoisotopic (exact) mass is 403 g/mol. The average Bonchev–Trinajstić information content (AvgIpc) is 3.09. The Morgan fingerprint density at radius 2 is 1.80 bits per heavy atom. The van der Waals surface area contributed by atoms with Crippen LogP contribution in [0, 0.1) is 11.8 Å². The number of hydrogen-bond donors (Lipinski definition) is 3. The average molecular weight is 404 g/mol. The molecule has 7 nitrogen and oxygen atoms in total. The molecule has 5 N–H and O–H groups in total. The lowest BCUT2D eigenvalue weighted by atomic mass is 10.1. The van der Waals surface area contributed by atoms with Gasteiger partial charge in [-0.1, -0.05) is 38.0 Å². The van der Waals surface area contributed by atoms with Crippen molar-refractivity contribution in [3.63, 3.8) is 0 Å². The highest BCUT2D eigenvalue weighted by atomic mass is 15.3. The first-order valence-electron chi connectivity index (χ1n) is 10.3. The van der Waals surface area contributed by atoms with Crippen molar-refractivity contribution in [1.29, 1.82) is 0 Å². The van der Waals surface area contributed by atoms with Crippen LogP contribution >= 0.6 is 0 Å². The van der Waals surface area contributed by atoms with Gasteiger partial charge in [0.2, 0.25) is 5.95 Å². The molecule has 30 heavy (non-hydrogen) atoms. The first-order chi connectivity index (χ1) is 14.6. The van der Waals surface area contributed by atoms with Gasteiger partial charge < -0.3 is 16.8 Å². The Bertz CT molecular complexity index is 1020. The number of nitrogens with one attached hydrogen (secondary N) is 1. The predicted octanol–water partition coefficient (Wildman–Crippen LogP) is 3.98. The Morgan fingerprint density at radius 1 is 1.00 bits per heavy atom. The van der Waals surface area contributed by atoms with E-state index < -0.39 is 0 Å². The number of nitrogen functional groups attached to an aromatic ring is 2. The van der Waals surface area contributed by atoms with Crippen LogP contribution in [0.1, 0.15) is 50.2 Å². The van der Waals surface area contributed by atoms with Crippen molar-refractivity contribution in [3.8, 4) is 23.2 Å². The molecule has 0 aliphatic heterocycles. The molecular formula is C23H29N7. The molecule has 0 spiro atoms. The van der Waals surface area contributed by atoms with Crippen LogP contribution in [0.4, 0.5) is 17.3 Å². The van der Waals surface area contributed by atoms with Crippen LogP contribution in [0.5, 0.6) is 0 Å². The number of benzene rings is 1. The van der Waals surface area contributed by atoms with Gasteiger partial charge in [0, 0.05) is 54.9 Å². The van der Waals surface area contributed by atoms with E-state index in [9.17, 15) is 0 Å². The van der Waals surface area contributed by atoms with Gasteiger partial charge in [0.05, 0.1) is 0 Å². The highest BCUT2D eigenvalue weighted by molar-refractivity contribution is 5.59. The highest BCUT2D eigenvalue weighted by Gasteiger charge is 2.11. The Labute approximate surface area is 177 Å². The van der Waals surface area contributed by atoms with Crippen LogP contribution in [0.2, 0.25) is 0 Å². The highest BCUT2D eigenvalue weighted by Crippen LogP contribution is 2.20. The molecule has 0 radical (unpaired) electrons. The molecule has 0 saturated heterocycles. The number of anilines is 3. The standard InChI is InChI=1S/C23H29N7/c1-3-4-5-6-7-8-9-17-10-19(16-26-14-17)22-28-29-23(30(22)2)27-15-18-11-20(24)13-21(25)12-18/h10-14,16H,3-7,15,24-25H2,1-2H3,(H,27,29). The Kier molecular flexibility index (Phi) is 7.28. The quantitative estimate of drug-likeness (QED) is 0.298. The molecule has 0 aliphatic rings. The topological polar surface area (TPSA) is 108 Å². The van der Waals surface area contributed by atoms with Crippen molar-refractivity contribution >= 4 is 17.3 Å². The van der Waals surface area contributed by atoms with Gasteiger partial charge in [-0.25, -0.2) is 0 Å². The molecule has 2 aromatic heterocycles. The van der Waals surface area contributed by atoms with E-state index in [1.54, 1.807) is 18.5 Å². The van der Waals surface area contributed by atoms with E-state index in [-0.39, 0.29) is 0 Å². The van der Waals surface area contributed by atoms with Crippen molar-refractivity contribution in [2.75, 3.05) is 16.8 Å². The predicted molar refractivity (Wildman–Crippen MR) is 122 cm³/mol. The first kappa shape index (κ1) is 21.2. The second-order valence-corrected chi connectivity index (χ2v) is 7.34. The van der Waals surface area contributed by atoms with Gasteiger partial charge in [-0.2, -0.15) is 0 Å². The zero-order chi connectivity index (χ0) is 21.3. The summed E-state index contributed by atoms with van der Waals surface area (Å²) in [4.78, 5) is 4.32. The molecule has 2 heterocycles. The fourth-order valence-corrected chi connectivity index (χ4v) is 3.20. The van der Waals surface area contributed by atoms with E-state index in [4.69, 9.17) is 11.5 Å². The number of unbranched alkanes of at least 4 members (excludes halogenated alkanes) is 4. The smallest absolute Gasteiger partial charge is 0.224 e. The third kappa shape index (κ3) is 5.74. The summed E-state index contributed by atoms with van der Waals surface area (Å²) >= 11 is 0. The molecule has 0 saturated carbocycles. The van der Waals surface area contributed by atoms with Crippen LogP contribution in [-0.4, -0.2) is 19.7 Å². The maximum Gasteiger partial charge on any atom is 0.224 e. The minimum absolute atomic E-state index is 0.545. The van der Waals surface area contributed by atoms with Crippen molar-refractivity contribution in [2.24, 2.45) is 7.05 Å². The maximum atomic E-state index is 5.86. The Morgan fingerprint density at radius 3 is 2.57 bits per heavy atom. The summed E-state index contributed by atoms with van der Waals surface area (Å²) in [5.41, 5.74) is 15.7. The number of pyridine rings is 1. The van der Waals surface area contributed by atoms with Gasteiger partial charge in [-0.15, -0.1) is 10.2 Å². The summed E-state index contributed by atoms with van der Waals surface area (Å²) in [5, 5.41) is 11.9. The van der Waals surface area contributed by atoms with Crippen molar-refractivity contribution in [1.82, 2.24) is 19.7 Å². The van der Waals surface area contributed by atoms with Gasteiger partial charge in [-0.3, -0.25) is 9.55 Å². The van der Waals surface area contributed by atoms with Crippen molar-refractivity contribution in [3.05, 3.63) is 47.8 Å². The summed E-state index contributed by atoms with van der Waals surface area (Å²) < 4.78 is 1.90. The summed E-state index contributed by atoms with van der Waals surface area (Å²) in [6.07, 6.45) is 9.36. The SMILES string of the molecule is CCCCCCC#Cc1cncc(-c2nnc(NCc3cc(N)cc(N)c3)n2C)c1. The van der Waals surface area contributed by atoms with E-state index in [0.29, 0.717) is 23.9 Å². The zero-order valence-corrected chi connectivity index (χ0v) is 17.7. The van der Waals surface area contributed by atoms with Gasteiger partial charge in [0.15, 0.2) is 5.82 Å². The molecule has 0 atom stereocenters. The zero-order valence-electron chi connectivity index (χ0n) is 17.7. The van der Waals surface area contributed by atoms with E-state index >= 15 is 0 Å². The fraction of sp³-hybridized carbons (Fsp3) is 0.348. The van der Waals surface area contributed by atoms with E-state index in [1.807, 2.05) is 29.8 Å². The number of nitrogens with two attached hydrogens (primary N) is 2. The minimum Gasteiger partial charge on any atom is -0.399 e. The Hall–Kier alpha value is -3.53. The van der Waals surface area contributed by atoms with E-state index in [0.717, 1.165) is 35.4 Å². The van der Waals surface area contributed by atoms with Gasteiger partial charge in [-0.05, 0) is 36.2 Å². The molecule has 1 aromatic carbocycles. The Balaban J connectivity index is 1.67. The molecule has 0 bridgehead atoms. The van der Waals surface area contributed by atoms with Crippen LogP contribution in [0.25, 0.3) is 11.4 Å². The van der Waals surface area contributed by atoms with Crippen LogP contribution in [-0.2, 0) is 13.6 Å². The molecular weight excluding hydrogens is 374 g/mol. The third-order valence-electron chi connectivity index (χ3n) is 4.75. The van der Waals surface area contributed by atoms with Crippen LogP contribution in [0.15, 0.2) is 36.7 Å². The molecule has 3 rings (SSSR count). The summed E-state index contributed by atoms with van der Waals surface area (Å²) in [6, 6.07) is 7.50. The van der Waals surface area contributed by atoms with Gasteiger partial charge in [0.1, 0.15) is 0 Å². The van der Waals surface area contributed by atoms with Crippen LogP contribution < -0.4 is 16.8 Å². The molecule has 0 aliphatic carbocycles. The minimum atomic E-state index is 0.545. The maximum absolute atomic E-state index is 5.86. The summed E-state index contributed by atoms with van der Waals surface area (Å²) in [5.74, 6) is 7.82. The second-order valence-electron chi connectivity index (χ2n) is 7.34. The molecule has 0 fully saturated rings. The molecule has 3 aromatic rings. The number of nitrogens with zero attached hydrogens (tertiary/aromatic N) is 4. The largest absolute Gasteiger partial charge is 0.399 e. The molecule has 0 amide bonds. The van der Waals surface area contributed by atoms with Crippen molar-refractivity contribution < 1.29 is 0 Å². The second kappa shape index (κ2) is 10.3. The van der Waals surface area contributed by atoms with Gasteiger partial charge in [0.25, 0.3) is 0 Å². The lowest BCUT2D eigenvalue weighted by molar-refractivity contribution is 0.679. The summed E-state index contributed by atoms with van der Waals surface area (Å²) in [7, 11) is 1.91.